The fourth-order valence-electron chi connectivity index (χ4n) is 3.56. The van der Waals surface area contributed by atoms with E-state index in [2.05, 4.69) is 26.5 Å². The molecule has 1 amide bonds. The van der Waals surface area contributed by atoms with E-state index >= 15 is 0 Å². The van der Waals surface area contributed by atoms with Crippen LogP contribution in [-0.4, -0.2) is 35.2 Å². The van der Waals surface area contributed by atoms with Crippen molar-refractivity contribution in [3.05, 3.63) is 70.7 Å². The maximum absolute atomic E-state index is 12.4. The van der Waals surface area contributed by atoms with Crippen molar-refractivity contribution in [1.82, 2.24) is 15.5 Å². The highest BCUT2D eigenvalue weighted by atomic mass is 35.5. The molecule has 3 aromatic rings. The van der Waals surface area contributed by atoms with Gasteiger partial charge in [0.25, 0.3) is 5.91 Å². The molecular formula is C22H23ClN4O. The van der Waals surface area contributed by atoms with Crippen molar-refractivity contribution in [2.75, 3.05) is 18.0 Å². The largest absolute Gasteiger partial charge is 0.355 e. The van der Waals surface area contributed by atoms with Gasteiger partial charge in [0.05, 0.1) is 5.69 Å². The number of aromatic amines is 1. The summed E-state index contributed by atoms with van der Waals surface area (Å²) in [5.41, 5.74) is 3.85. The number of aromatic nitrogens is 2. The summed E-state index contributed by atoms with van der Waals surface area (Å²) in [6.45, 7) is 3.73. The Labute approximate surface area is 169 Å². The Morgan fingerprint density at radius 1 is 1.14 bits per heavy atom. The van der Waals surface area contributed by atoms with Crippen LogP contribution in [0.1, 0.15) is 28.8 Å². The van der Waals surface area contributed by atoms with Gasteiger partial charge in [-0.2, -0.15) is 5.10 Å². The van der Waals surface area contributed by atoms with E-state index in [9.17, 15) is 4.79 Å². The maximum Gasteiger partial charge on any atom is 0.251 e. The van der Waals surface area contributed by atoms with Gasteiger partial charge in [-0.3, -0.25) is 9.89 Å². The van der Waals surface area contributed by atoms with Crippen LogP contribution in [0.25, 0.3) is 11.3 Å². The molecule has 1 fully saturated rings. The first-order valence-corrected chi connectivity index (χ1v) is 9.90. The van der Waals surface area contributed by atoms with Crippen LogP contribution in [0.15, 0.2) is 54.6 Å². The zero-order valence-corrected chi connectivity index (χ0v) is 16.5. The predicted molar refractivity (Wildman–Crippen MR) is 113 cm³/mol. The Bertz CT molecular complexity index is 959. The van der Waals surface area contributed by atoms with E-state index in [4.69, 9.17) is 11.6 Å². The number of piperidine rings is 1. The highest BCUT2D eigenvalue weighted by Gasteiger charge is 2.23. The number of nitrogens with zero attached hydrogens (tertiary/aromatic N) is 2. The van der Waals surface area contributed by atoms with Crippen molar-refractivity contribution >= 4 is 23.3 Å². The number of halogens is 1. The summed E-state index contributed by atoms with van der Waals surface area (Å²) in [4.78, 5) is 14.7. The van der Waals surface area contributed by atoms with Gasteiger partial charge in [0.15, 0.2) is 5.82 Å². The smallest absolute Gasteiger partial charge is 0.251 e. The van der Waals surface area contributed by atoms with Crippen molar-refractivity contribution in [3.8, 4) is 11.3 Å². The minimum Gasteiger partial charge on any atom is -0.355 e. The molecule has 2 N–H and O–H groups in total. The summed E-state index contributed by atoms with van der Waals surface area (Å²) in [6, 6.07) is 17.7. The predicted octanol–water partition coefficient (Wildman–Crippen LogP) is 4.44. The number of amides is 1. The van der Waals surface area contributed by atoms with E-state index < -0.39 is 0 Å². The average molecular weight is 395 g/mol. The molecule has 0 unspecified atom stereocenters. The number of benzene rings is 2. The van der Waals surface area contributed by atoms with Crippen LogP contribution in [0.4, 0.5) is 5.82 Å². The van der Waals surface area contributed by atoms with E-state index in [0.717, 1.165) is 59.2 Å². The quantitative estimate of drug-likeness (QED) is 0.687. The molecule has 4 rings (SSSR count). The van der Waals surface area contributed by atoms with Gasteiger partial charge in [0.2, 0.25) is 0 Å². The first kappa shape index (κ1) is 18.6. The first-order valence-electron chi connectivity index (χ1n) is 9.52. The van der Waals surface area contributed by atoms with Crippen LogP contribution in [0.3, 0.4) is 0 Å². The van der Waals surface area contributed by atoms with Crippen molar-refractivity contribution < 1.29 is 4.79 Å². The van der Waals surface area contributed by atoms with Gasteiger partial charge in [-0.1, -0.05) is 41.4 Å². The van der Waals surface area contributed by atoms with Gasteiger partial charge in [0, 0.05) is 35.8 Å². The van der Waals surface area contributed by atoms with E-state index in [1.165, 1.54) is 0 Å². The van der Waals surface area contributed by atoms with Gasteiger partial charge in [-0.25, -0.2) is 0 Å². The van der Waals surface area contributed by atoms with Crippen molar-refractivity contribution in [1.29, 1.82) is 0 Å². The van der Waals surface area contributed by atoms with E-state index in [1.807, 2.05) is 55.5 Å². The molecule has 144 valence electrons. The summed E-state index contributed by atoms with van der Waals surface area (Å²) in [5.74, 6) is 0.945. The molecule has 0 saturated carbocycles. The summed E-state index contributed by atoms with van der Waals surface area (Å²) in [6.07, 6.45) is 1.81. The second kappa shape index (κ2) is 8.07. The third kappa shape index (κ3) is 4.20. The maximum atomic E-state index is 12.4. The van der Waals surface area contributed by atoms with Crippen molar-refractivity contribution in [2.24, 2.45) is 0 Å². The molecule has 1 saturated heterocycles. The number of H-pyrrole nitrogens is 1. The molecule has 1 aliphatic rings. The van der Waals surface area contributed by atoms with Crippen LogP contribution in [0.2, 0.25) is 5.02 Å². The van der Waals surface area contributed by atoms with Crippen LogP contribution in [0.5, 0.6) is 0 Å². The molecule has 1 aromatic heterocycles. The molecule has 0 atom stereocenters. The van der Waals surface area contributed by atoms with Gasteiger partial charge >= 0.3 is 0 Å². The van der Waals surface area contributed by atoms with E-state index in [1.54, 1.807) is 0 Å². The lowest BCUT2D eigenvalue weighted by Crippen LogP contribution is -2.44. The van der Waals surface area contributed by atoms with Gasteiger partial charge in [-0.05, 0) is 49.6 Å². The third-order valence-electron chi connectivity index (χ3n) is 5.15. The summed E-state index contributed by atoms with van der Waals surface area (Å²) >= 11 is 5.96. The highest BCUT2D eigenvalue weighted by Crippen LogP contribution is 2.25. The van der Waals surface area contributed by atoms with Crippen LogP contribution >= 0.6 is 11.6 Å². The normalized spacial score (nSPS) is 14.9. The zero-order chi connectivity index (χ0) is 19.5. The lowest BCUT2D eigenvalue weighted by molar-refractivity contribution is 0.0931. The molecular weight excluding hydrogens is 372 g/mol. The number of nitrogens with one attached hydrogen (secondary N) is 2. The Kier molecular flexibility index (Phi) is 5.35. The zero-order valence-electron chi connectivity index (χ0n) is 15.8. The lowest BCUT2D eigenvalue weighted by Gasteiger charge is -2.32. The molecule has 2 heterocycles. The number of hydrogen-bond donors (Lipinski definition) is 2. The monoisotopic (exact) mass is 394 g/mol. The number of carbonyl (C=O) groups excluding carboxylic acids is 1. The Hall–Kier alpha value is -2.79. The molecule has 5 nitrogen and oxygen atoms in total. The second-order valence-electron chi connectivity index (χ2n) is 7.25. The number of anilines is 1. The highest BCUT2D eigenvalue weighted by molar-refractivity contribution is 6.30. The fourth-order valence-corrected chi connectivity index (χ4v) is 3.68. The first-order chi connectivity index (χ1) is 13.6. The minimum absolute atomic E-state index is 0.00643. The molecule has 0 spiro atoms. The average Bonchev–Trinajstić information content (AvgIpc) is 3.19. The summed E-state index contributed by atoms with van der Waals surface area (Å²) in [5, 5.41) is 11.5. The Morgan fingerprint density at radius 2 is 1.89 bits per heavy atom. The molecule has 0 bridgehead atoms. The van der Waals surface area contributed by atoms with E-state index in [-0.39, 0.29) is 11.9 Å². The minimum atomic E-state index is 0.00643. The van der Waals surface area contributed by atoms with Gasteiger partial charge in [-0.15, -0.1) is 0 Å². The number of carbonyl (C=O) groups is 1. The second-order valence-corrected chi connectivity index (χ2v) is 7.69. The number of aryl methyl sites for hydroxylation is 1. The molecule has 1 aliphatic heterocycles. The topological polar surface area (TPSA) is 61.0 Å². The van der Waals surface area contributed by atoms with Crippen LogP contribution < -0.4 is 10.2 Å². The van der Waals surface area contributed by atoms with Crippen molar-refractivity contribution in [2.45, 2.75) is 25.8 Å². The summed E-state index contributed by atoms with van der Waals surface area (Å²) in [7, 11) is 0. The number of rotatable bonds is 4. The Morgan fingerprint density at radius 3 is 2.61 bits per heavy atom. The van der Waals surface area contributed by atoms with E-state index in [0.29, 0.717) is 0 Å². The van der Waals surface area contributed by atoms with Crippen molar-refractivity contribution in [3.63, 3.8) is 0 Å². The summed E-state index contributed by atoms with van der Waals surface area (Å²) < 4.78 is 0. The molecule has 2 aromatic carbocycles. The number of hydrogen-bond acceptors (Lipinski definition) is 3. The molecule has 28 heavy (non-hydrogen) atoms. The van der Waals surface area contributed by atoms with Crippen LogP contribution in [-0.2, 0) is 0 Å². The standard InChI is InChI=1S/C22H23ClN4O/c1-15-3-2-4-17(13-15)22(28)24-19-9-11-27(12-10-19)21-14-20(25-26-21)16-5-7-18(23)8-6-16/h2-8,13-14,19H,9-12H2,1H3,(H,24,28)(H,25,26). The van der Waals surface area contributed by atoms with Gasteiger partial charge in [0.1, 0.15) is 0 Å². The Balaban J connectivity index is 1.34. The molecule has 6 heteroatoms. The fraction of sp³-hybridized carbons (Fsp3) is 0.273. The third-order valence-corrected chi connectivity index (χ3v) is 5.41. The molecule has 0 aliphatic carbocycles. The van der Waals surface area contributed by atoms with Gasteiger partial charge < -0.3 is 10.2 Å². The van der Waals surface area contributed by atoms with Crippen LogP contribution in [0, 0.1) is 6.92 Å². The lowest BCUT2D eigenvalue weighted by atomic mass is 10.0. The molecule has 0 radical (unpaired) electrons. The SMILES string of the molecule is Cc1cccc(C(=O)NC2CCN(c3cc(-c4ccc(Cl)cc4)[nH]n3)CC2)c1.